The van der Waals surface area contributed by atoms with Crippen LogP contribution in [0.3, 0.4) is 0 Å². The summed E-state index contributed by atoms with van der Waals surface area (Å²) < 4.78 is 29.4. The van der Waals surface area contributed by atoms with Crippen molar-refractivity contribution in [3.05, 3.63) is 12.2 Å². The van der Waals surface area contributed by atoms with Gasteiger partial charge in [0.1, 0.15) is 0 Å². The van der Waals surface area contributed by atoms with Crippen molar-refractivity contribution in [2.75, 3.05) is 0 Å². The lowest BCUT2D eigenvalue weighted by atomic mass is 9.79. The minimum absolute atomic E-state index is 0.134. The second kappa shape index (κ2) is 2.86. The van der Waals surface area contributed by atoms with Crippen molar-refractivity contribution >= 4 is 0 Å². The molecule has 2 heteroatoms. The molecule has 70 valence electrons. The highest BCUT2D eigenvalue weighted by atomic mass is 16.3. The van der Waals surface area contributed by atoms with Crippen molar-refractivity contribution in [1.29, 1.82) is 0 Å². The van der Waals surface area contributed by atoms with Crippen LogP contribution < -0.4 is 0 Å². The molecule has 0 spiro atoms. The molecule has 0 amide bonds. The van der Waals surface area contributed by atoms with Crippen LogP contribution in [0.5, 0.6) is 0 Å². The zero-order chi connectivity index (χ0) is 12.8. The van der Waals surface area contributed by atoms with E-state index in [4.69, 9.17) is 5.48 Å². The van der Waals surface area contributed by atoms with Gasteiger partial charge in [0.15, 0.2) is 0 Å². The Labute approximate surface area is 79.5 Å². The Morgan fingerprint density at radius 1 is 1.75 bits per heavy atom. The van der Waals surface area contributed by atoms with Crippen molar-refractivity contribution in [1.82, 2.24) is 0 Å². The summed E-state index contributed by atoms with van der Waals surface area (Å²) in [5.41, 5.74) is -3.11. The van der Waals surface area contributed by atoms with E-state index < -0.39 is 24.5 Å². The first-order valence-electron chi connectivity index (χ1n) is 6.12. The van der Waals surface area contributed by atoms with E-state index >= 15 is 0 Å². The normalized spacial score (nSPS) is 49.0. The molecule has 1 rings (SSSR count). The van der Waals surface area contributed by atoms with Crippen molar-refractivity contribution < 1.29 is 15.7 Å². The third-order valence-corrected chi connectivity index (χ3v) is 2.17. The molecule has 1 unspecified atom stereocenters. The molecular formula is C10H18O2. The van der Waals surface area contributed by atoms with Gasteiger partial charge < -0.3 is 10.2 Å². The Balaban J connectivity index is 2.99. The molecule has 0 aromatic heterocycles. The third-order valence-electron chi connectivity index (χ3n) is 2.17. The minimum Gasteiger partial charge on any atom is -0.390 e. The topological polar surface area (TPSA) is 40.5 Å². The lowest BCUT2D eigenvalue weighted by molar-refractivity contribution is 0.0114. The highest BCUT2D eigenvalue weighted by Crippen LogP contribution is 2.31. The number of hydrogen-bond acceptors (Lipinski definition) is 2. The van der Waals surface area contributed by atoms with Crippen LogP contribution in [0.4, 0.5) is 0 Å². The molecule has 0 aromatic carbocycles. The SMILES string of the molecule is [2H]C1C[C@@H](C(C)(C)O)C=C[C@@]1(O)C([2H])([2H])[2H]. The number of aliphatic hydroxyl groups is 2. The van der Waals surface area contributed by atoms with E-state index in [1.54, 1.807) is 13.8 Å². The average molecular weight is 174 g/mol. The van der Waals surface area contributed by atoms with Gasteiger partial charge in [-0.1, -0.05) is 12.2 Å². The summed E-state index contributed by atoms with van der Waals surface area (Å²) in [6, 6.07) is 0. The first kappa shape index (κ1) is 5.40. The molecule has 3 atom stereocenters. The van der Waals surface area contributed by atoms with Gasteiger partial charge in [-0.25, -0.2) is 0 Å². The van der Waals surface area contributed by atoms with Gasteiger partial charge in [0.2, 0.25) is 0 Å². The van der Waals surface area contributed by atoms with E-state index in [0.29, 0.717) is 0 Å². The fourth-order valence-electron chi connectivity index (χ4n) is 1.24. The molecule has 1 aliphatic carbocycles. The summed E-state index contributed by atoms with van der Waals surface area (Å²) in [6.07, 6.45) is 1.62. The van der Waals surface area contributed by atoms with Crippen molar-refractivity contribution in [3.8, 4) is 0 Å². The molecule has 0 heterocycles. The summed E-state index contributed by atoms with van der Waals surface area (Å²) in [4.78, 5) is 0. The Kier molecular flexibility index (Phi) is 1.29. The van der Waals surface area contributed by atoms with E-state index in [9.17, 15) is 10.2 Å². The molecule has 0 saturated heterocycles. The molecule has 0 bridgehead atoms. The van der Waals surface area contributed by atoms with Gasteiger partial charge in [0.25, 0.3) is 0 Å². The smallest absolute Gasteiger partial charge is 0.0800 e. The Hall–Kier alpha value is -0.340. The molecular weight excluding hydrogens is 152 g/mol. The van der Waals surface area contributed by atoms with Gasteiger partial charge in [-0.05, 0) is 33.5 Å². The lowest BCUT2D eigenvalue weighted by Crippen LogP contribution is -2.35. The zero-order valence-corrected chi connectivity index (χ0v) is 7.41. The van der Waals surface area contributed by atoms with Crippen molar-refractivity contribution in [3.63, 3.8) is 0 Å². The van der Waals surface area contributed by atoms with E-state index in [1.165, 1.54) is 6.08 Å². The quantitative estimate of drug-likeness (QED) is 0.591. The van der Waals surface area contributed by atoms with Crippen molar-refractivity contribution in [2.45, 2.75) is 44.7 Å². The van der Waals surface area contributed by atoms with Gasteiger partial charge in [0.05, 0.1) is 11.2 Å². The van der Waals surface area contributed by atoms with Crippen LogP contribution in [0.15, 0.2) is 12.2 Å². The van der Waals surface area contributed by atoms with Crippen LogP contribution in [-0.4, -0.2) is 21.4 Å². The molecule has 1 aliphatic rings. The van der Waals surface area contributed by atoms with E-state index in [2.05, 4.69) is 0 Å². The summed E-state index contributed by atoms with van der Waals surface area (Å²) in [6.45, 7) is 0.601. The largest absolute Gasteiger partial charge is 0.390 e. The highest BCUT2D eigenvalue weighted by Gasteiger charge is 2.31. The maximum absolute atomic E-state index is 9.94. The first-order chi connectivity index (χ1) is 6.98. The molecule has 0 fully saturated rings. The van der Waals surface area contributed by atoms with Gasteiger partial charge in [-0.3, -0.25) is 0 Å². The molecule has 0 aromatic rings. The Bertz CT molecular complexity index is 292. The second-order valence-electron chi connectivity index (χ2n) is 3.88. The number of hydrogen-bond donors (Lipinski definition) is 2. The number of rotatable bonds is 1. The summed E-state index contributed by atoms with van der Waals surface area (Å²) in [5.74, 6) is -0.308. The van der Waals surface area contributed by atoms with E-state index in [-0.39, 0.29) is 12.3 Å². The van der Waals surface area contributed by atoms with Crippen LogP contribution >= 0.6 is 0 Å². The summed E-state index contributed by atoms with van der Waals surface area (Å²) in [5, 5.41) is 19.7. The zero-order valence-electron chi connectivity index (χ0n) is 11.4. The van der Waals surface area contributed by atoms with Crippen molar-refractivity contribution in [2.24, 2.45) is 5.92 Å². The Morgan fingerprint density at radius 2 is 2.42 bits per heavy atom. The van der Waals surface area contributed by atoms with E-state index in [0.717, 1.165) is 6.08 Å². The fraction of sp³-hybridized carbons (Fsp3) is 0.800. The van der Waals surface area contributed by atoms with Crippen LogP contribution in [0.1, 0.15) is 39.0 Å². The predicted molar refractivity (Wildman–Crippen MR) is 48.8 cm³/mol. The first-order valence-corrected chi connectivity index (χ1v) is 4.05. The van der Waals surface area contributed by atoms with Crippen LogP contribution in [0.2, 0.25) is 0 Å². The monoisotopic (exact) mass is 174 g/mol. The molecule has 2 N–H and O–H groups in total. The van der Waals surface area contributed by atoms with Gasteiger partial charge in [0, 0.05) is 11.4 Å². The van der Waals surface area contributed by atoms with Gasteiger partial charge in [-0.2, -0.15) is 0 Å². The molecule has 0 aliphatic heterocycles. The average Bonchev–Trinajstić information content (AvgIpc) is 2.05. The van der Waals surface area contributed by atoms with Gasteiger partial charge in [-0.15, -0.1) is 0 Å². The standard InChI is InChI=1S/C10H18O2/c1-9(2,11)8-4-6-10(3,12)7-5-8/h4,6,8,11-12H,5,7H2,1-3H3/t8-,10-/m0/s1/i3D3,7D/t7?,8-,10-. The Morgan fingerprint density at radius 3 is 2.83 bits per heavy atom. The molecule has 0 saturated carbocycles. The summed E-state index contributed by atoms with van der Waals surface area (Å²) in [7, 11) is 0. The highest BCUT2D eigenvalue weighted by molar-refractivity contribution is 5.08. The summed E-state index contributed by atoms with van der Waals surface area (Å²) >= 11 is 0. The van der Waals surface area contributed by atoms with Crippen LogP contribution in [0.25, 0.3) is 0 Å². The van der Waals surface area contributed by atoms with Gasteiger partial charge >= 0.3 is 0 Å². The predicted octanol–water partition coefficient (Wildman–Crippen LogP) is 1.47. The molecule has 2 nitrogen and oxygen atoms in total. The van der Waals surface area contributed by atoms with Crippen LogP contribution in [-0.2, 0) is 0 Å². The lowest BCUT2D eigenvalue weighted by Gasteiger charge is -2.33. The maximum Gasteiger partial charge on any atom is 0.0800 e. The second-order valence-corrected chi connectivity index (χ2v) is 3.88. The fourth-order valence-corrected chi connectivity index (χ4v) is 1.24. The molecule has 0 radical (unpaired) electrons. The molecule has 12 heavy (non-hydrogen) atoms. The van der Waals surface area contributed by atoms with E-state index in [1.807, 2.05) is 0 Å². The van der Waals surface area contributed by atoms with Crippen LogP contribution in [0, 0.1) is 5.92 Å². The third kappa shape index (κ3) is 2.32. The maximum atomic E-state index is 9.94. The minimum atomic E-state index is -2.61.